The summed E-state index contributed by atoms with van der Waals surface area (Å²) in [5.41, 5.74) is 6.70. The van der Waals surface area contributed by atoms with Crippen LogP contribution in [0.5, 0.6) is 0 Å². The van der Waals surface area contributed by atoms with Crippen LogP contribution < -0.4 is 10.5 Å². The van der Waals surface area contributed by atoms with Crippen LogP contribution in [0.3, 0.4) is 0 Å². The van der Waals surface area contributed by atoms with Crippen molar-refractivity contribution in [3.8, 4) is 32.5 Å². The molecule has 39 heavy (non-hydrogen) atoms. The zero-order valence-corrected chi connectivity index (χ0v) is 22.9. The van der Waals surface area contributed by atoms with Gasteiger partial charge in [0.05, 0.1) is 43.9 Å². The summed E-state index contributed by atoms with van der Waals surface area (Å²) in [5, 5.41) is 0.154. The number of thiazole rings is 1. The maximum absolute atomic E-state index is 16.0. The number of halogens is 4. The van der Waals surface area contributed by atoms with Crippen molar-refractivity contribution in [1.29, 1.82) is 0 Å². The van der Waals surface area contributed by atoms with Crippen LogP contribution in [0.15, 0.2) is 65.8 Å². The molecule has 2 aromatic carbocycles. The van der Waals surface area contributed by atoms with Crippen molar-refractivity contribution >= 4 is 56.2 Å². The first-order valence-electron chi connectivity index (χ1n) is 11.0. The van der Waals surface area contributed by atoms with Gasteiger partial charge in [0.25, 0.3) is 10.0 Å². The molecule has 3 heterocycles. The minimum atomic E-state index is -4.38. The third kappa shape index (κ3) is 5.28. The Morgan fingerprint density at radius 2 is 1.77 bits per heavy atom. The summed E-state index contributed by atoms with van der Waals surface area (Å²) < 4.78 is 58.1. The van der Waals surface area contributed by atoms with Gasteiger partial charge in [-0.05, 0) is 48.9 Å². The van der Waals surface area contributed by atoms with Crippen molar-refractivity contribution in [3.63, 3.8) is 0 Å². The Kier molecular flexibility index (Phi) is 7.21. The molecule has 0 aliphatic heterocycles. The molecule has 0 aliphatic rings. The normalized spacial score (nSPS) is 11.5. The second-order valence-corrected chi connectivity index (χ2v) is 11.5. The fourth-order valence-corrected chi connectivity index (χ4v) is 6.93. The molecule has 0 saturated heterocycles. The largest absolute Gasteiger partial charge is 0.368 e. The van der Waals surface area contributed by atoms with Crippen LogP contribution in [0.1, 0.15) is 5.56 Å². The maximum atomic E-state index is 16.0. The van der Waals surface area contributed by atoms with Crippen LogP contribution in [0.2, 0.25) is 10.0 Å². The smallest absolute Gasteiger partial charge is 0.264 e. The Morgan fingerprint density at radius 3 is 2.49 bits per heavy atom. The number of pyridine rings is 1. The number of sulfonamides is 1. The van der Waals surface area contributed by atoms with Crippen LogP contribution in [0.4, 0.5) is 20.4 Å². The second kappa shape index (κ2) is 10.5. The molecule has 0 atom stereocenters. The fraction of sp³-hybridized carbons (Fsp3) is 0.0400. The third-order valence-electron chi connectivity index (χ3n) is 5.49. The first-order valence-corrected chi connectivity index (χ1v) is 14.1. The summed E-state index contributed by atoms with van der Waals surface area (Å²) in [6, 6.07) is 11.3. The van der Waals surface area contributed by atoms with Gasteiger partial charge < -0.3 is 5.73 Å². The van der Waals surface area contributed by atoms with Gasteiger partial charge in [-0.3, -0.25) is 9.71 Å². The van der Waals surface area contributed by atoms with E-state index in [-0.39, 0.29) is 37.8 Å². The van der Waals surface area contributed by atoms with Gasteiger partial charge in [-0.2, -0.15) is 0 Å². The van der Waals surface area contributed by atoms with Crippen LogP contribution in [0.25, 0.3) is 32.5 Å². The highest BCUT2D eigenvalue weighted by atomic mass is 35.5. The molecule has 0 spiro atoms. The van der Waals surface area contributed by atoms with Crippen LogP contribution in [-0.4, -0.2) is 28.4 Å². The fourth-order valence-electron chi connectivity index (χ4n) is 3.66. The predicted molar refractivity (Wildman–Crippen MR) is 148 cm³/mol. The number of nitrogens with zero attached hydrogens (tertiary/aromatic N) is 4. The lowest BCUT2D eigenvalue weighted by Crippen LogP contribution is -2.15. The minimum absolute atomic E-state index is 0.0119. The summed E-state index contributed by atoms with van der Waals surface area (Å²) in [4.78, 5) is 16.8. The number of nitrogens with two attached hydrogens (primary N) is 1. The highest BCUT2D eigenvalue weighted by Gasteiger charge is 2.27. The van der Waals surface area contributed by atoms with Crippen molar-refractivity contribution in [3.05, 3.63) is 88.2 Å². The summed E-state index contributed by atoms with van der Waals surface area (Å²) in [6.07, 6.45) is 2.48. The zero-order chi connectivity index (χ0) is 27.9. The van der Waals surface area contributed by atoms with E-state index in [1.165, 1.54) is 42.6 Å². The topological polar surface area (TPSA) is 124 Å². The van der Waals surface area contributed by atoms with E-state index in [0.717, 1.165) is 17.5 Å². The summed E-state index contributed by atoms with van der Waals surface area (Å²) in [5.74, 6) is -1.45. The molecule has 5 rings (SSSR count). The molecular formula is C25H16Cl2F2N6O2S2. The van der Waals surface area contributed by atoms with E-state index in [9.17, 15) is 12.8 Å². The van der Waals surface area contributed by atoms with Gasteiger partial charge in [-0.15, -0.1) is 11.3 Å². The van der Waals surface area contributed by atoms with Gasteiger partial charge in [-0.25, -0.2) is 32.2 Å². The summed E-state index contributed by atoms with van der Waals surface area (Å²) >= 11 is 13.5. The molecule has 3 N–H and O–H groups in total. The minimum Gasteiger partial charge on any atom is -0.368 e. The van der Waals surface area contributed by atoms with Crippen molar-refractivity contribution in [1.82, 2.24) is 19.9 Å². The van der Waals surface area contributed by atoms with Gasteiger partial charge >= 0.3 is 0 Å². The van der Waals surface area contributed by atoms with E-state index in [1.54, 1.807) is 19.1 Å². The molecule has 5 aromatic rings. The molecule has 0 aliphatic carbocycles. The van der Waals surface area contributed by atoms with E-state index < -0.39 is 21.7 Å². The molecule has 8 nitrogen and oxygen atoms in total. The molecule has 0 unspecified atom stereocenters. The molecule has 3 aromatic heterocycles. The highest BCUT2D eigenvalue weighted by Crippen LogP contribution is 2.42. The summed E-state index contributed by atoms with van der Waals surface area (Å²) in [7, 11) is -4.38. The van der Waals surface area contributed by atoms with E-state index >= 15 is 4.39 Å². The van der Waals surface area contributed by atoms with Gasteiger partial charge in [-0.1, -0.05) is 35.3 Å². The Labute approximate surface area is 235 Å². The predicted octanol–water partition coefficient (Wildman–Crippen LogP) is 6.61. The number of hydrogen-bond donors (Lipinski definition) is 2. The average molecular weight is 605 g/mol. The molecule has 0 radical (unpaired) electrons. The monoisotopic (exact) mass is 604 g/mol. The van der Waals surface area contributed by atoms with Crippen molar-refractivity contribution in [2.45, 2.75) is 11.8 Å². The van der Waals surface area contributed by atoms with Gasteiger partial charge in [0, 0.05) is 11.8 Å². The number of anilines is 2. The highest BCUT2D eigenvalue weighted by molar-refractivity contribution is 7.93. The lowest BCUT2D eigenvalue weighted by Gasteiger charge is -2.14. The standard InChI is InChI=1S/C25H16Cl2F2N6O2S2/c1-12-5-7-15(26)23(19(12)27)39(36,37)35-16-4-2-3-14(20(16)29)21-22(17-9-10-31-25(30)33-17)38-24(34-21)18-8-6-13(28)11-32-18/h2-11,35H,1H3,(H2,30,31,33). The first kappa shape index (κ1) is 26.9. The SMILES string of the molecule is Cc1ccc(Cl)c(S(=O)(=O)Nc2cccc(-c3nc(-c4ccc(F)cn4)sc3-c3ccnc(N)n3)c2F)c1Cl. The van der Waals surface area contributed by atoms with Crippen molar-refractivity contribution in [2.24, 2.45) is 0 Å². The Morgan fingerprint density at radius 1 is 0.974 bits per heavy atom. The molecule has 0 saturated carbocycles. The maximum Gasteiger partial charge on any atom is 0.264 e. The van der Waals surface area contributed by atoms with Crippen LogP contribution >= 0.6 is 34.5 Å². The average Bonchev–Trinajstić information content (AvgIpc) is 3.33. The second-order valence-electron chi connectivity index (χ2n) is 8.14. The number of aromatic nitrogens is 4. The zero-order valence-electron chi connectivity index (χ0n) is 19.8. The van der Waals surface area contributed by atoms with Gasteiger partial charge in [0.15, 0.2) is 5.82 Å². The number of nitrogens with one attached hydrogen (secondary N) is 1. The number of rotatable bonds is 6. The number of benzene rings is 2. The van der Waals surface area contributed by atoms with Crippen molar-refractivity contribution in [2.75, 3.05) is 10.5 Å². The lowest BCUT2D eigenvalue weighted by molar-refractivity contribution is 0.599. The van der Waals surface area contributed by atoms with Crippen LogP contribution in [-0.2, 0) is 10.0 Å². The third-order valence-corrected chi connectivity index (χ3v) is 9.07. The van der Waals surface area contributed by atoms with Crippen molar-refractivity contribution < 1.29 is 17.2 Å². The Bertz CT molecular complexity index is 1830. The molecule has 14 heteroatoms. The van der Waals surface area contributed by atoms with Crippen LogP contribution in [0, 0.1) is 18.6 Å². The molecule has 198 valence electrons. The Hall–Kier alpha value is -3.71. The quantitative estimate of drug-likeness (QED) is 0.223. The Balaban J connectivity index is 1.64. The molecule has 0 fully saturated rings. The number of nitrogen functional groups attached to an aromatic ring is 1. The number of hydrogen-bond acceptors (Lipinski definition) is 8. The van der Waals surface area contributed by atoms with Gasteiger partial charge in [0.2, 0.25) is 5.95 Å². The molecule has 0 bridgehead atoms. The number of aryl methyl sites for hydroxylation is 1. The van der Waals surface area contributed by atoms with E-state index in [0.29, 0.717) is 26.8 Å². The first-order chi connectivity index (χ1) is 18.5. The van der Waals surface area contributed by atoms with E-state index in [4.69, 9.17) is 28.9 Å². The molecular weight excluding hydrogens is 589 g/mol. The molecule has 0 amide bonds. The van der Waals surface area contributed by atoms with E-state index in [1.807, 2.05) is 0 Å². The van der Waals surface area contributed by atoms with E-state index in [2.05, 4.69) is 24.7 Å². The van der Waals surface area contributed by atoms with Gasteiger partial charge in [0.1, 0.15) is 15.7 Å². The lowest BCUT2D eigenvalue weighted by atomic mass is 10.1. The summed E-state index contributed by atoms with van der Waals surface area (Å²) in [6.45, 7) is 1.62.